The topological polar surface area (TPSA) is 33.7 Å². The predicted octanol–water partition coefficient (Wildman–Crippen LogP) is 1.59. The fourth-order valence-electron chi connectivity index (χ4n) is 2.65. The molecule has 1 aromatic carbocycles. The fraction of sp³-hybridized carbons (Fsp3) is 0.600. The van der Waals surface area contributed by atoms with Crippen LogP contribution in [0, 0.1) is 6.92 Å². The van der Waals surface area contributed by atoms with Gasteiger partial charge in [-0.05, 0) is 27.1 Å². The number of aryl methyl sites for hydroxylation is 1. The van der Waals surface area contributed by atoms with Crippen molar-refractivity contribution < 1.29 is 9.47 Å². The van der Waals surface area contributed by atoms with Crippen LogP contribution in [0.1, 0.15) is 17.2 Å². The minimum atomic E-state index is 0.151. The van der Waals surface area contributed by atoms with Crippen molar-refractivity contribution in [2.75, 3.05) is 40.9 Å². The molecule has 1 saturated heterocycles. The summed E-state index contributed by atoms with van der Waals surface area (Å²) in [6.07, 6.45) is 0.152. The second-order valence-electron chi connectivity index (χ2n) is 5.18. The van der Waals surface area contributed by atoms with Gasteiger partial charge in [0.1, 0.15) is 5.75 Å². The summed E-state index contributed by atoms with van der Waals surface area (Å²) in [7, 11) is 5.83. The summed E-state index contributed by atoms with van der Waals surface area (Å²) in [6.45, 7) is 4.82. The first kappa shape index (κ1) is 14.3. The molecule has 2 unspecified atom stereocenters. The van der Waals surface area contributed by atoms with E-state index in [1.807, 2.05) is 13.1 Å². The number of morpholine rings is 1. The van der Waals surface area contributed by atoms with Crippen molar-refractivity contribution in [2.45, 2.75) is 19.1 Å². The molecule has 2 rings (SSSR count). The summed E-state index contributed by atoms with van der Waals surface area (Å²) in [5.41, 5.74) is 2.41. The SMILES string of the molecule is CNC(c1cc(C)ccc1OC)C1CN(C)CCO1. The molecule has 0 radical (unpaired) electrons. The second kappa shape index (κ2) is 6.37. The number of hydrogen-bond acceptors (Lipinski definition) is 4. The highest BCUT2D eigenvalue weighted by Gasteiger charge is 2.28. The van der Waals surface area contributed by atoms with Crippen LogP contribution in [0.3, 0.4) is 0 Å². The third-order valence-corrected chi connectivity index (χ3v) is 3.70. The molecule has 0 amide bonds. The number of methoxy groups -OCH3 is 1. The maximum absolute atomic E-state index is 5.94. The van der Waals surface area contributed by atoms with E-state index in [9.17, 15) is 0 Å². The van der Waals surface area contributed by atoms with Gasteiger partial charge in [0.05, 0.1) is 25.9 Å². The number of nitrogens with one attached hydrogen (secondary N) is 1. The Balaban J connectivity index is 2.27. The molecule has 1 fully saturated rings. The van der Waals surface area contributed by atoms with Gasteiger partial charge in [0.2, 0.25) is 0 Å². The van der Waals surface area contributed by atoms with E-state index >= 15 is 0 Å². The standard InChI is InChI=1S/C15H24N2O2/c1-11-5-6-13(18-4)12(9-11)15(16-2)14-10-17(3)7-8-19-14/h5-6,9,14-16H,7-8,10H2,1-4H3. The molecule has 4 nitrogen and oxygen atoms in total. The van der Waals surface area contributed by atoms with E-state index in [4.69, 9.17) is 9.47 Å². The van der Waals surface area contributed by atoms with Gasteiger partial charge in [-0.25, -0.2) is 0 Å². The average molecular weight is 264 g/mol. The van der Waals surface area contributed by atoms with Gasteiger partial charge in [0.15, 0.2) is 0 Å². The van der Waals surface area contributed by atoms with Crippen molar-refractivity contribution in [3.63, 3.8) is 0 Å². The molecule has 1 aliphatic rings. The highest BCUT2D eigenvalue weighted by Crippen LogP contribution is 2.30. The normalized spacial score (nSPS) is 22.2. The zero-order valence-electron chi connectivity index (χ0n) is 12.3. The molecule has 0 aliphatic carbocycles. The number of likely N-dealkylation sites (N-methyl/N-ethyl adjacent to an activating group) is 2. The van der Waals surface area contributed by atoms with E-state index in [0.717, 1.165) is 25.4 Å². The molecule has 1 aliphatic heterocycles. The lowest BCUT2D eigenvalue weighted by Gasteiger charge is -2.35. The van der Waals surface area contributed by atoms with Gasteiger partial charge in [-0.1, -0.05) is 17.7 Å². The third kappa shape index (κ3) is 3.26. The summed E-state index contributed by atoms with van der Waals surface area (Å²) in [6, 6.07) is 6.43. The lowest BCUT2D eigenvalue weighted by atomic mass is 9.97. The predicted molar refractivity (Wildman–Crippen MR) is 76.8 cm³/mol. The molecule has 0 saturated carbocycles. The molecule has 0 bridgehead atoms. The first-order valence-electron chi connectivity index (χ1n) is 6.77. The van der Waals surface area contributed by atoms with Gasteiger partial charge in [0, 0.05) is 18.7 Å². The summed E-state index contributed by atoms with van der Waals surface area (Å²) in [5, 5.41) is 3.38. The largest absolute Gasteiger partial charge is 0.496 e. The Bertz CT molecular complexity index is 423. The van der Waals surface area contributed by atoms with Crippen molar-refractivity contribution in [3.05, 3.63) is 29.3 Å². The minimum Gasteiger partial charge on any atom is -0.496 e. The van der Waals surface area contributed by atoms with E-state index < -0.39 is 0 Å². The number of nitrogens with zero attached hydrogens (tertiary/aromatic N) is 1. The Kier molecular flexibility index (Phi) is 4.80. The number of benzene rings is 1. The fourth-order valence-corrected chi connectivity index (χ4v) is 2.65. The monoisotopic (exact) mass is 264 g/mol. The Labute approximate surface area is 115 Å². The molecule has 2 atom stereocenters. The van der Waals surface area contributed by atoms with Crippen LogP contribution in [-0.2, 0) is 4.74 Å². The third-order valence-electron chi connectivity index (χ3n) is 3.70. The molecule has 4 heteroatoms. The van der Waals surface area contributed by atoms with Crippen LogP contribution < -0.4 is 10.1 Å². The summed E-state index contributed by atoms with van der Waals surface area (Å²) >= 11 is 0. The van der Waals surface area contributed by atoms with Gasteiger partial charge in [0.25, 0.3) is 0 Å². The van der Waals surface area contributed by atoms with E-state index in [-0.39, 0.29) is 12.1 Å². The van der Waals surface area contributed by atoms with Crippen LogP contribution in [0.5, 0.6) is 5.75 Å². The van der Waals surface area contributed by atoms with Crippen molar-refractivity contribution in [3.8, 4) is 5.75 Å². The number of rotatable bonds is 4. The molecule has 1 heterocycles. The van der Waals surface area contributed by atoms with Crippen molar-refractivity contribution >= 4 is 0 Å². The highest BCUT2D eigenvalue weighted by atomic mass is 16.5. The second-order valence-corrected chi connectivity index (χ2v) is 5.18. The maximum atomic E-state index is 5.94. The van der Waals surface area contributed by atoms with E-state index in [2.05, 4.69) is 36.3 Å². The van der Waals surface area contributed by atoms with Crippen LogP contribution in [-0.4, -0.2) is 51.9 Å². The lowest BCUT2D eigenvalue weighted by molar-refractivity contribution is -0.0383. The van der Waals surface area contributed by atoms with Crippen LogP contribution in [0.25, 0.3) is 0 Å². The Hall–Kier alpha value is -1.10. The van der Waals surface area contributed by atoms with E-state index in [1.165, 1.54) is 11.1 Å². The lowest BCUT2D eigenvalue weighted by Crippen LogP contribution is -2.46. The summed E-state index contributed by atoms with van der Waals surface area (Å²) in [5.74, 6) is 0.918. The van der Waals surface area contributed by atoms with Gasteiger partial charge >= 0.3 is 0 Å². The Morgan fingerprint density at radius 3 is 2.89 bits per heavy atom. The first-order chi connectivity index (χ1) is 9.15. The van der Waals surface area contributed by atoms with Crippen molar-refractivity contribution in [1.82, 2.24) is 10.2 Å². The number of ether oxygens (including phenoxy) is 2. The van der Waals surface area contributed by atoms with E-state index in [1.54, 1.807) is 7.11 Å². The van der Waals surface area contributed by atoms with E-state index in [0.29, 0.717) is 0 Å². The number of hydrogen-bond donors (Lipinski definition) is 1. The molecule has 106 valence electrons. The quantitative estimate of drug-likeness (QED) is 0.895. The molecule has 1 N–H and O–H groups in total. The highest BCUT2D eigenvalue weighted by molar-refractivity contribution is 5.39. The first-order valence-corrected chi connectivity index (χ1v) is 6.77. The smallest absolute Gasteiger partial charge is 0.123 e. The van der Waals surface area contributed by atoms with Gasteiger partial charge in [-0.2, -0.15) is 0 Å². The van der Waals surface area contributed by atoms with Crippen LogP contribution >= 0.6 is 0 Å². The average Bonchev–Trinajstić information content (AvgIpc) is 2.40. The van der Waals surface area contributed by atoms with Gasteiger partial charge in [-0.15, -0.1) is 0 Å². The van der Waals surface area contributed by atoms with Crippen molar-refractivity contribution in [1.29, 1.82) is 0 Å². The van der Waals surface area contributed by atoms with Gasteiger partial charge < -0.3 is 19.7 Å². The van der Waals surface area contributed by atoms with Gasteiger partial charge in [-0.3, -0.25) is 0 Å². The van der Waals surface area contributed by atoms with Crippen molar-refractivity contribution in [2.24, 2.45) is 0 Å². The molecular formula is C15H24N2O2. The Morgan fingerprint density at radius 2 is 2.26 bits per heavy atom. The maximum Gasteiger partial charge on any atom is 0.123 e. The van der Waals surface area contributed by atoms with Crippen LogP contribution in [0.15, 0.2) is 18.2 Å². The molecular weight excluding hydrogens is 240 g/mol. The molecule has 0 aromatic heterocycles. The van der Waals surface area contributed by atoms with Crippen LogP contribution in [0.2, 0.25) is 0 Å². The minimum absolute atomic E-state index is 0.151. The summed E-state index contributed by atoms with van der Waals surface area (Å²) < 4.78 is 11.4. The molecule has 19 heavy (non-hydrogen) atoms. The van der Waals surface area contributed by atoms with Crippen LogP contribution in [0.4, 0.5) is 0 Å². The zero-order chi connectivity index (χ0) is 13.8. The molecule has 1 aromatic rings. The molecule has 0 spiro atoms. The Morgan fingerprint density at radius 1 is 1.47 bits per heavy atom. The summed E-state index contributed by atoms with van der Waals surface area (Å²) in [4.78, 5) is 2.31. The zero-order valence-corrected chi connectivity index (χ0v) is 12.3.